The Kier molecular flexibility index (Phi) is 53.9. The lowest BCUT2D eigenvalue weighted by Crippen LogP contribution is -3.00. The van der Waals surface area contributed by atoms with E-state index in [1.165, 1.54) is 62.2 Å². The van der Waals surface area contributed by atoms with E-state index in [2.05, 4.69) is 85.7 Å². The van der Waals surface area contributed by atoms with Crippen molar-refractivity contribution in [1.82, 2.24) is 0 Å². The lowest BCUT2D eigenvalue weighted by atomic mass is 9.98. The fraction of sp³-hybridized carbons (Fsp3) is 0.683. The Balaban J connectivity index is -0.0000000714. The minimum absolute atomic E-state index is 0. The van der Waals surface area contributed by atoms with Gasteiger partial charge in [-0.25, -0.2) is 4.79 Å². The number of hydrogen-bond acceptors (Lipinski definition) is 1. The molecular formula is C41H84ClO2P. The Morgan fingerprint density at radius 1 is 0.600 bits per heavy atom. The number of unbranched alkanes of at least 4 members (excludes halogenated alkanes) is 3. The van der Waals surface area contributed by atoms with E-state index in [0.29, 0.717) is 17.4 Å². The standard InChI is InChI=1S/C14H32P.C11H14O2.C10H14.6CH4.ClH/c1-5-9-12-15(8-4,13-10-6-2)14-11-7-3;1-3-8(2)9-4-6-10(7-5-9)11(12)13;1-3-9(2)10-7-5-4-6-8-10;;;;;;;/h5-14H2,1-4H3;4-8H,3H2,1-2H3,(H,12,13);4-9H,3H2,1-2H3;6*1H4;1H/q+1;;;;;;;;;/p-1. The van der Waals surface area contributed by atoms with E-state index in [1.54, 1.807) is 30.6 Å². The number of halogens is 1. The molecule has 0 aliphatic heterocycles. The summed E-state index contributed by atoms with van der Waals surface area (Å²) in [6.45, 7) is 18.2. The van der Waals surface area contributed by atoms with Gasteiger partial charge in [-0.2, -0.15) is 0 Å². The number of rotatable bonds is 15. The fourth-order valence-corrected chi connectivity index (χ4v) is 9.08. The molecule has 45 heavy (non-hydrogen) atoms. The van der Waals surface area contributed by atoms with Crippen LogP contribution < -0.4 is 12.4 Å². The van der Waals surface area contributed by atoms with Gasteiger partial charge in [-0.15, -0.1) is 0 Å². The molecule has 2 aromatic rings. The molecule has 0 bridgehead atoms. The molecule has 0 amide bonds. The van der Waals surface area contributed by atoms with Gasteiger partial charge in [0.2, 0.25) is 0 Å². The summed E-state index contributed by atoms with van der Waals surface area (Å²) in [5.41, 5.74) is 3.00. The van der Waals surface area contributed by atoms with E-state index in [0.717, 1.165) is 6.42 Å². The van der Waals surface area contributed by atoms with Crippen molar-refractivity contribution in [2.75, 3.05) is 24.6 Å². The van der Waals surface area contributed by atoms with Crippen LogP contribution in [0, 0.1) is 0 Å². The summed E-state index contributed by atoms with van der Waals surface area (Å²) in [5, 5.41) is 8.67. The maximum atomic E-state index is 10.6. The van der Waals surface area contributed by atoms with E-state index in [4.69, 9.17) is 5.11 Å². The van der Waals surface area contributed by atoms with Gasteiger partial charge in [0, 0.05) is 7.26 Å². The van der Waals surface area contributed by atoms with E-state index >= 15 is 0 Å². The van der Waals surface area contributed by atoms with Gasteiger partial charge in [0.25, 0.3) is 0 Å². The van der Waals surface area contributed by atoms with Crippen LogP contribution in [0.5, 0.6) is 0 Å². The molecule has 0 aliphatic carbocycles. The highest BCUT2D eigenvalue weighted by Gasteiger charge is 2.32. The minimum atomic E-state index is -0.865. The predicted octanol–water partition coefficient (Wildman–Crippen LogP) is 12.3. The molecule has 1 N–H and O–H groups in total. The molecule has 4 heteroatoms. The summed E-state index contributed by atoms with van der Waals surface area (Å²) in [6, 6.07) is 17.7. The van der Waals surface area contributed by atoms with Gasteiger partial charge >= 0.3 is 5.97 Å². The van der Waals surface area contributed by atoms with Crippen LogP contribution in [0.3, 0.4) is 0 Å². The SMILES string of the molecule is C.C.C.C.C.C.CCC(C)c1ccc(C(=O)O)cc1.CCC(C)c1ccccc1.CCCC[P+](CC)(CCCC)CCCC.[Cl-]. The molecule has 2 aromatic carbocycles. The molecule has 0 saturated carbocycles. The van der Waals surface area contributed by atoms with Crippen LogP contribution in [0.4, 0.5) is 0 Å². The molecule has 0 aromatic heterocycles. The summed E-state index contributed by atoms with van der Waals surface area (Å²) < 4.78 is 0. The second kappa shape index (κ2) is 38.8. The number of benzene rings is 2. The highest BCUT2D eigenvalue weighted by Crippen LogP contribution is 2.60. The van der Waals surface area contributed by atoms with Crippen molar-refractivity contribution in [2.45, 2.75) is 163 Å². The molecule has 0 radical (unpaired) electrons. The average molecular weight is 676 g/mol. The second-order valence-corrected chi connectivity index (χ2v) is 15.5. The van der Waals surface area contributed by atoms with Crippen LogP contribution in [-0.2, 0) is 0 Å². The van der Waals surface area contributed by atoms with Crippen molar-refractivity contribution in [3.05, 3.63) is 71.3 Å². The van der Waals surface area contributed by atoms with Gasteiger partial charge in [-0.3, -0.25) is 0 Å². The maximum Gasteiger partial charge on any atom is 0.335 e. The highest BCUT2D eigenvalue weighted by atomic mass is 35.5. The first-order chi connectivity index (χ1) is 18.2. The normalized spacial score (nSPS) is 10.5. The number of carboxylic acids is 1. The molecular weight excluding hydrogens is 591 g/mol. The van der Waals surface area contributed by atoms with Crippen molar-refractivity contribution in [2.24, 2.45) is 0 Å². The molecule has 2 nitrogen and oxygen atoms in total. The van der Waals surface area contributed by atoms with Gasteiger partial charge in [0.05, 0.1) is 30.2 Å². The Labute approximate surface area is 293 Å². The minimum Gasteiger partial charge on any atom is -1.00 e. The molecule has 0 aliphatic rings. The van der Waals surface area contributed by atoms with Gasteiger partial charge in [-0.05, 0) is 74.1 Å². The lowest BCUT2D eigenvalue weighted by Gasteiger charge is -2.26. The number of carboxylic acid groups (broad SMARTS) is 1. The summed E-state index contributed by atoms with van der Waals surface area (Å²) in [5.74, 6) is 0.347. The van der Waals surface area contributed by atoms with Crippen LogP contribution in [0.1, 0.15) is 185 Å². The molecule has 0 fully saturated rings. The third kappa shape index (κ3) is 27.5. The third-order valence-electron chi connectivity index (χ3n) is 7.95. The van der Waals surface area contributed by atoms with Gasteiger partial charge in [-0.1, -0.05) is 155 Å². The zero-order valence-electron chi connectivity index (χ0n) is 26.5. The van der Waals surface area contributed by atoms with Crippen molar-refractivity contribution in [1.29, 1.82) is 0 Å². The van der Waals surface area contributed by atoms with Gasteiger partial charge < -0.3 is 17.5 Å². The number of aromatic carboxylic acids is 1. The summed E-state index contributed by atoms with van der Waals surface area (Å²) in [4.78, 5) is 10.6. The maximum absolute atomic E-state index is 10.6. The monoisotopic (exact) mass is 675 g/mol. The van der Waals surface area contributed by atoms with Crippen molar-refractivity contribution < 1.29 is 22.3 Å². The average Bonchev–Trinajstić information content (AvgIpc) is 2.97. The predicted molar refractivity (Wildman–Crippen MR) is 214 cm³/mol. The Bertz CT molecular complexity index is 801. The number of hydrogen-bond donors (Lipinski definition) is 1. The zero-order chi connectivity index (χ0) is 28.8. The summed E-state index contributed by atoms with van der Waals surface area (Å²) in [6.07, 6.45) is 17.2. The molecule has 0 spiro atoms. The molecule has 272 valence electrons. The zero-order valence-corrected chi connectivity index (χ0v) is 28.2. The quantitative estimate of drug-likeness (QED) is 0.191. The topological polar surface area (TPSA) is 37.3 Å². The lowest BCUT2D eigenvalue weighted by molar-refractivity contribution is -0.0000262. The smallest absolute Gasteiger partial charge is 0.335 e. The molecule has 2 atom stereocenters. The first kappa shape index (κ1) is 62.5. The van der Waals surface area contributed by atoms with Gasteiger partial charge in [0.1, 0.15) is 0 Å². The molecule has 0 heterocycles. The molecule has 2 unspecified atom stereocenters. The molecule has 2 rings (SSSR count). The Morgan fingerprint density at radius 3 is 1.20 bits per heavy atom. The van der Waals surface area contributed by atoms with Crippen LogP contribution in [-0.4, -0.2) is 35.7 Å². The van der Waals surface area contributed by atoms with Crippen molar-refractivity contribution >= 4 is 13.2 Å². The van der Waals surface area contributed by atoms with Crippen LogP contribution in [0.15, 0.2) is 54.6 Å². The summed E-state index contributed by atoms with van der Waals surface area (Å²) >= 11 is 0. The van der Waals surface area contributed by atoms with Crippen LogP contribution >= 0.6 is 7.26 Å². The van der Waals surface area contributed by atoms with Crippen molar-refractivity contribution in [3.63, 3.8) is 0 Å². The number of carbonyl (C=O) groups is 1. The van der Waals surface area contributed by atoms with E-state index < -0.39 is 13.2 Å². The second-order valence-electron chi connectivity index (χ2n) is 10.8. The highest BCUT2D eigenvalue weighted by molar-refractivity contribution is 7.75. The van der Waals surface area contributed by atoms with Gasteiger partial charge in [0.15, 0.2) is 0 Å². The largest absolute Gasteiger partial charge is 1.00 e. The first-order valence-electron chi connectivity index (χ1n) is 15.5. The van der Waals surface area contributed by atoms with Crippen LogP contribution in [0.25, 0.3) is 0 Å². The molecule has 0 saturated heterocycles. The fourth-order valence-electron chi connectivity index (χ4n) is 4.50. The van der Waals surface area contributed by atoms with E-state index in [-0.39, 0.29) is 57.0 Å². The van der Waals surface area contributed by atoms with E-state index in [9.17, 15) is 4.79 Å². The first-order valence-corrected chi connectivity index (χ1v) is 18.0. The Hall–Kier alpha value is -1.37. The van der Waals surface area contributed by atoms with Crippen LogP contribution in [0.2, 0.25) is 0 Å². The van der Waals surface area contributed by atoms with E-state index in [1.807, 2.05) is 12.1 Å². The third-order valence-corrected chi connectivity index (χ3v) is 13.1. The van der Waals surface area contributed by atoms with Crippen molar-refractivity contribution in [3.8, 4) is 0 Å². The summed E-state index contributed by atoms with van der Waals surface area (Å²) in [7, 11) is -0.527. The Morgan fingerprint density at radius 2 is 0.933 bits per heavy atom.